The van der Waals surface area contributed by atoms with Crippen molar-refractivity contribution in [2.45, 2.75) is 56.1 Å². The minimum absolute atomic E-state index is 0.248. The molecule has 9 heteroatoms. The van der Waals surface area contributed by atoms with E-state index in [-0.39, 0.29) is 6.04 Å². The van der Waals surface area contributed by atoms with E-state index >= 15 is 0 Å². The number of nitrogens with one attached hydrogen (secondary N) is 1. The number of carbonyl (C=O) groups excluding carboxylic acids is 2. The van der Waals surface area contributed by atoms with Crippen LogP contribution in [0.1, 0.15) is 50.1 Å². The van der Waals surface area contributed by atoms with Crippen molar-refractivity contribution >= 4 is 29.4 Å². The number of rotatable bonds is 6. The second-order valence-corrected chi connectivity index (χ2v) is 9.30. The maximum atomic E-state index is 13.6. The summed E-state index contributed by atoms with van der Waals surface area (Å²) in [6.45, 7) is 0. The number of benzene rings is 1. The van der Waals surface area contributed by atoms with Crippen molar-refractivity contribution in [3.8, 4) is 0 Å². The van der Waals surface area contributed by atoms with Crippen LogP contribution in [0, 0.1) is 11.8 Å². The zero-order chi connectivity index (χ0) is 23.2. The lowest BCUT2D eigenvalue weighted by molar-refractivity contribution is -0.156. The molecule has 1 aliphatic carbocycles. The number of hydrogen-bond donors (Lipinski definition) is 3. The molecule has 4 atom stereocenters. The number of anilines is 1. The fraction of sp³-hybridized carbons (Fsp3) is 0.565. The highest BCUT2D eigenvalue weighted by Gasteiger charge is 2.69. The zero-order valence-electron chi connectivity index (χ0n) is 18.3. The van der Waals surface area contributed by atoms with Gasteiger partial charge in [-0.1, -0.05) is 31.4 Å². The summed E-state index contributed by atoms with van der Waals surface area (Å²) < 4.78 is 0. The van der Waals surface area contributed by atoms with Gasteiger partial charge in [0.2, 0.25) is 11.8 Å². The molecule has 1 saturated carbocycles. The van der Waals surface area contributed by atoms with Crippen LogP contribution in [0.25, 0.3) is 0 Å². The Hall–Kier alpha value is -2.94. The number of aliphatic carboxylic acids is 2. The first-order valence-corrected chi connectivity index (χ1v) is 11.0. The minimum atomic E-state index is -2.04. The molecule has 4 rings (SSSR count). The summed E-state index contributed by atoms with van der Waals surface area (Å²) in [5.74, 6) is -5.92. The van der Waals surface area contributed by atoms with Crippen molar-refractivity contribution in [1.29, 1.82) is 0 Å². The van der Waals surface area contributed by atoms with E-state index in [1.54, 1.807) is 12.1 Å². The number of carboxylic acid groups (broad SMARTS) is 2. The van der Waals surface area contributed by atoms with Crippen LogP contribution in [-0.2, 0) is 19.2 Å². The van der Waals surface area contributed by atoms with Gasteiger partial charge in [0.05, 0.1) is 18.3 Å². The monoisotopic (exact) mass is 443 g/mol. The lowest BCUT2D eigenvalue weighted by Crippen LogP contribution is -2.57. The van der Waals surface area contributed by atoms with Crippen molar-refractivity contribution in [1.82, 2.24) is 10.2 Å². The standard InChI is InChI=1S/C23H29N3O6/c1-25(2)14-10-8-13(9-11-14)19-17-18(23(24-19,22(31)32)12-16(27)28)21(30)26(20(17)29)15-6-4-3-5-7-15/h8-11,15,17-19,24H,3-7,12H2,1-2H3,(H,27,28)(H,31,32). The molecule has 4 unspecified atom stereocenters. The molecule has 3 aliphatic rings. The third-order valence-corrected chi connectivity index (χ3v) is 7.21. The van der Waals surface area contributed by atoms with Gasteiger partial charge in [-0.05, 0) is 30.5 Å². The molecule has 32 heavy (non-hydrogen) atoms. The van der Waals surface area contributed by atoms with Crippen molar-refractivity contribution in [2.75, 3.05) is 19.0 Å². The van der Waals surface area contributed by atoms with Crippen LogP contribution >= 0.6 is 0 Å². The summed E-state index contributed by atoms with van der Waals surface area (Å²) in [5.41, 5.74) is -0.459. The molecule has 2 heterocycles. The molecule has 0 bridgehead atoms. The first-order valence-electron chi connectivity index (χ1n) is 11.0. The number of likely N-dealkylation sites (tertiary alicyclic amines) is 1. The van der Waals surface area contributed by atoms with E-state index in [9.17, 15) is 29.4 Å². The number of nitrogens with zero attached hydrogens (tertiary/aromatic N) is 2. The molecule has 3 fully saturated rings. The fourth-order valence-electron chi connectivity index (χ4n) is 5.66. The summed E-state index contributed by atoms with van der Waals surface area (Å²) in [5, 5.41) is 22.6. The van der Waals surface area contributed by atoms with Crippen molar-refractivity contribution < 1.29 is 29.4 Å². The minimum Gasteiger partial charge on any atom is -0.481 e. The molecule has 2 amide bonds. The molecule has 2 aliphatic heterocycles. The van der Waals surface area contributed by atoms with Gasteiger partial charge in [-0.2, -0.15) is 0 Å². The average Bonchev–Trinajstić information content (AvgIpc) is 3.23. The van der Waals surface area contributed by atoms with Gasteiger partial charge in [-0.3, -0.25) is 29.4 Å². The predicted octanol–water partition coefficient (Wildman–Crippen LogP) is 1.63. The largest absolute Gasteiger partial charge is 0.481 e. The van der Waals surface area contributed by atoms with E-state index in [1.807, 2.05) is 31.1 Å². The summed E-state index contributed by atoms with van der Waals surface area (Å²) >= 11 is 0. The lowest BCUT2D eigenvalue weighted by Gasteiger charge is -2.34. The van der Waals surface area contributed by atoms with Crippen LogP contribution in [-0.4, -0.2) is 64.5 Å². The van der Waals surface area contributed by atoms with Crippen LogP contribution in [0.4, 0.5) is 5.69 Å². The number of hydrogen-bond acceptors (Lipinski definition) is 6. The van der Waals surface area contributed by atoms with Crippen LogP contribution in [0.15, 0.2) is 24.3 Å². The number of carboxylic acids is 2. The normalized spacial score (nSPS) is 30.4. The second-order valence-electron chi connectivity index (χ2n) is 9.30. The Morgan fingerprint density at radius 3 is 2.22 bits per heavy atom. The topological polar surface area (TPSA) is 127 Å². The SMILES string of the molecule is CN(C)c1ccc(C2NC(CC(=O)O)(C(=O)O)C3C(=O)N(C4CCCCC4)C(=O)C23)cc1. The maximum absolute atomic E-state index is 13.6. The van der Waals surface area contributed by atoms with E-state index in [4.69, 9.17) is 0 Å². The molecule has 0 spiro atoms. The number of carbonyl (C=O) groups is 4. The van der Waals surface area contributed by atoms with Gasteiger partial charge in [0.15, 0.2) is 0 Å². The second kappa shape index (κ2) is 8.20. The molecule has 3 N–H and O–H groups in total. The molecule has 1 aromatic carbocycles. The predicted molar refractivity (Wildman–Crippen MR) is 115 cm³/mol. The zero-order valence-corrected chi connectivity index (χ0v) is 18.3. The van der Waals surface area contributed by atoms with Crippen molar-refractivity contribution in [2.24, 2.45) is 11.8 Å². The van der Waals surface area contributed by atoms with E-state index in [1.165, 1.54) is 4.90 Å². The van der Waals surface area contributed by atoms with E-state index in [0.717, 1.165) is 24.9 Å². The van der Waals surface area contributed by atoms with Crippen LogP contribution in [0.5, 0.6) is 0 Å². The Morgan fingerprint density at radius 1 is 1.06 bits per heavy atom. The summed E-state index contributed by atoms with van der Waals surface area (Å²) in [6, 6.07) is 6.28. The third-order valence-electron chi connectivity index (χ3n) is 7.21. The molecule has 9 nitrogen and oxygen atoms in total. The van der Waals surface area contributed by atoms with E-state index in [2.05, 4.69) is 5.32 Å². The molecule has 0 aromatic heterocycles. The van der Waals surface area contributed by atoms with E-state index < -0.39 is 53.6 Å². The van der Waals surface area contributed by atoms with Gasteiger partial charge >= 0.3 is 11.9 Å². The highest BCUT2D eigenvalue weighted by Crippen LogP contribution is 2.51. The molecular weight excluding hydrogens is 414 g/mol. The van der Waals surface area contributed by atoms with Crippen LogP contribution in [0.2, 0.25) is 0 Å². The highest BCUT2D eigenvalue weighted by atomic mass is 16.4. The smallest absolute Gasteiger partial charge is 0.325 e. The Morgan fingerprint density at radius 2 is 1.69 bits per heavy atom. The van der Waals surface area contributed by atoms with Gasteiger partial charge in [-0.25, -0.2) is 0 Å². The Kier molecular flexibility index (Phi) is 5.70. The van der Waals surface area contributed by atoms with Gasteiger partial charge in [0, 0.05) is 31.9 Å². The fourth-order valence-corrected chi connectivity index (χ4v) is 5.66. The maximum Gasteiger partial charge on any atom is 0.325 e. The average molecular weight is 444 g/mol. The first kappa shape index (κ1) is 22.3. The molecule has 172 valence electrons. The van der Waals surface area contributed by atoms with Crippen LogP contribution in [0.3, 0.4) is 0 Å². The summed E-state index contributed by atoms with van der Waals surface area (Å²) in [4.78, 5) is 54.4. The highest BCUT2D eigenvalue weighted by molar-refractivity contribution is 6.10. The molecular formula is C23H29N3O6. The lowest BCUT2D eigenvalue weighted by atomic mass is 9.77. The Balaban J connectivity index is 1.79. The Bertz CT molecular complexity index is 940. The van der Waals surface area contributed by atoms with E-state index in [0.29, 0.717) is 18.4 Å². The first-order chi connectivity index (χ1) is 15.2. The molecule has 2 saturated heterocycles. The number of amides is 2. The van der Waals surface area contributed by atoms with Gasteiger partial charge < -0.3 is 15.1 Å². The number of fused-ring (bicyclic) bond motifs is 1. The molecule has 1 aromatic rings. The van der Waals surface area contributed by atoms with Gasteiger partial charge in [0.25, 0.3) is 0 Å². The summed E-state index contributed by atoms with van der Waals surface area (Å²) in [6.07, 6.45) is 3.47. The van der Waals surface area contributed by atoms with Gasteiger partial charge in [0.1, 0.15) is 5.54 Å². The van der Waals surface area contributed by atoms with Crippen LogP contribution < -0.4 is 10.2 Å². The van der Waals surface area contributed by atoms with Gasteiger partial charge in [-0.15, -0.1) is 0 Å². The summed E-state index contributed by atoms with van der Waals surface area (Å²) in [7, 11) is 3.78. The quantitative estimate of drug-likeness (QED) is 0.566. The third kappa shape index (κ3) is 3.44. The Labute approximate surface area is 186 Å². The molecule has 0 radical (unpaired) electrons. The number of imide groups is 1. The van der Waals surface area contributed by atoms with Crippen molar-refractivity contribution in [3.63, 3.8) is 0 Å². The van der Waals surface area contributed by atoms with Crippen molar-refractivity contribution in [3.05, 3.63) is 29.8 Å².